The van der Waals surface area contributed by atoms with Crippen LogP contribution in [0.2, 0.25) is 0 Å². The maximum Gasteiger partial charge on any atom is 0.134 e. The van der Waals surface area contributed by atoms with Gasteiger partial charge in [0.15, 0.2) is 0 Å². The second kappa shape index (κ2) is 2.81. The fraction of sp³-hybridized carbons (Fsp3) is 1.00. The third-order valence-corrected chi connectivity index (χ3v) is 1.54. The highest BCUT2D eigenvalue weighted by Gasteiger charge is 2.35. The van der Waals surface area contributed by atoms with Crippen LogP contribution in [0.5, 0.6) is 0 Å². The van der Waals surface area contributed by atoms with E-state index in [9.17, 15) is 0 Å². The highest BCUT2D eigenvalue weighted by Crippen LogP contribution is 2.11. The molecule has 0 aromatic rings. The van der Waals surface area contributed by atoms with E-state index < -0.39 is 24.5 Å². The first-order valence-corrected chi connectivity index (χ1v) is 3.04. The first-order chi connectivity index (χ1) is 4.63. The maximum absolute atomic E-state index is 8.96. The van der Waals surface area contributed by atoms with Crippen molar-refractivity contribution >= 4 is 0 Å². The van der Waals surface area contributed by atoms with E-state index in [0.717, 1.165) is 0 Å². The van der Waals surface area contributed by atoms with Gasteiger partial charge < -0.3 is 25.8 Å². The average Bonchev–Trinajstić information content (AvgIpc) is 1.93. The van der Waals surface area contributed by atoms with Crippen LogP contribution in [0.15, 0.2) is 0 Å². The number of rotatable bonds is 0. The van der Waals surface area contributed by atoms with Gasteiger partial charge in [-0.1, -0.05) is 0 Å². The molecule has 1 fully saturated rings. The summed E-state index contributed by atoms with van der Waals surface area (Å²) in [7, 11) is 0. The first-order valence-electron chi connectivity index (χ1n) is 3.04. The molecule has 5 nitrogen and oxygen atoms in total. The molecule has 5 heteroatoms. The number of hydrogen-bond acceptors (Lipinski definition) is 5. The monoisotopic (exact) mass is 149 g/mol. The van der Waals surface area contributed by atoms with Gasteiger partial charge in [-0.3, -0.25) is 0 Å². The molecule has 0 spiro atoms. The van der Waals surface area contributed by atoms with Crippen molar-refractivity contribution in [2.24, 2.45) is 5.73 Å². The van der Waals surface area contributed by atoms with Gasteiger partial charge in [-0.2, -0.15) is 0 Å². The Morgan fingerprint density at radius 2 is 1.80 bits per heavy atom. The molecule has 60 valence electrons. The predicted octanol–water partition coefficient (Wildman–Crippen LogP) is -2.62. The summed E-state index contributed by atoms with van der Waals surface area (Å²) in [5, 5.41) is 26.8. The summed E-state index contributed by atoms with van der Waals surface area (Å²) in [6.45, 7) is -0.0284. The molecule has 5 N–H and O–H groups in total. The Hall–Kier alpha value is -0.200. The number of aliphatic hydroxyl groups excluding tert-OH is 3. The van der Waals surface area contributed by atoms with Crippen molar-refractivity contribution in [3.8, 4) is 0 Å². The lowest BCUT2D eigenvalue weighted by atomic mass is 10.1. The Morgan fingerprint density at radius 3 is 2.30 bits per heavy atom. The summed E-state index contributed by atoms with van der Waals surface area (Å²) in [5.41, 5.74) is 5.19. The molecule has 0 unspecified atom stereocenters. The van der Waals surface area contributed by atoms with Crippen molar-refractivity contribution in [2.75, 3.05) is 6.61 Å². The second-order valence-corrected chi connectivity index (χ2v) is 2.35. The summed E-state index contributed by atoms with van der Waals surface area (Å²) in [6, 6.07) is 0. The van der Waals surface area contributed by atoms with E-state index in [1.54, 1.807) is 0 Å². The summed E-state index contributed by atoms with van der Waals surface area (Å²) < 4.78 is 4.69. The number of nitrogens with two attached hydrogens (primary N) is 1. The van der Waals surface area contributed by atoms with Gasteiger partial charge in [-0.05, 0) is 0 Å². The maximum atomic E-state index is 8.96. The van der Waals surface area contributed by atoms with Gasteiger partial charge in [0.25, 0.3) is 0 Å². The Labute approximate surface area is 58.0 Å². The molecule has 1 heterocycles. The van der Waals surface area contributed by atoms with Crippen molar-refractivity contribution in [1.82, 2.24) is 0 Å². The molecule has 0 radical (unpaired) electrons. The van der Waals surface area contributed by atoms with Crippen LogP contribution in [0.25, 0.3) is 0 Å². The SMILES string of the molecule is N[C@@H]1OC[C@H](O)[C@H](O)[C@H]1O. The smallest absolute Gasteiger partial charge is 0.134 e. The van der Waals surface area contributed by atoms with Crippen LogP contribution in [0.1, 0.15) is 0 Å². The van der Waals surface area contributed by atoms with E-state index in [1.165, 1.54) is 0 Å². The van der Waals surface area contributed by atoms with Gasteiger partial charge >= 0.3 is 0 Å². The fourth-order valence-electron chi connectivity index (χ4n) is 0.829. The van der Waals surface area contributed by atoms with E-state index in [-0.39, 0.29) is 6.61 Å². The molecule has 10 heavy (non-hydrogen) atoms. The average molecular weight is 149 g/mol. The summed E-state index contributed by atoms with van der Waals surface area (Å²) in [5.74, 6) is 0. The van der Waals surface area contributed by atoms with E-state index in [2.05, 4.69) is 0 Å². The third kappa shape index (κ3) is 1.28. The normalized spacial score (nSPS) is 49.2. The van der Waals surface area contributed by atoms with Crippen LogP contribution in [-0.2, 0) is 4.74 Å². The number of ether oxygens (including phenoxy) is 1. The van der Waals surface area contributed by atoms with Crippen LogP contribution in [0.4, 0.5) is 0 Å². The fourth-order valence-corrected chi connectivity index (χ4v) is 0.829. The molecule has 0 bridgehead atoms. The van der Waals surface area contributed by atoms with Gasteiger partial charge in [0.05, 0.1) is 6.61 Å². The lowest BCUT2D eigenvalue weighted by molar-refractivity contribution is -0.184. The zero-order valence-electron chi connectivity index (χ0n) is 5.34. The minimum absolute atomic E-state index is 0.0284. The van der Waals surface area contributed by atoms with Crippen molar-refractivity contribution in [3.05, 3.63) is 0 Å². The van der Waals surface area contributed by atoms with Crippen LogP contribution in [0.3, 0.4) is 0 Å². The molecule has 0 aromatic heterocycles. The molecule has 1 aliphatic rings. The van der Waals surface area contributed by atoms with E-state index in [1.807, 2.05) is 0 Å². The molecule has 1 aliphatic heterocycles. The molecule has 0 amide bonds. The van der Waals surface area contributed by atoms with Gasteiger partial charge in [0.2, 0.25) is 0 Å². The van der Waals surface area contributed by atoms with Gasteiger partial charge in [0.1, 0.15) is 24.5 Å². The first kappa shape index (κ1) is 7.90. The van der Waals surface area contributed by atoms with E-state index >= 15 is 0 Å². The molecule has 0 aromatic carbocycles. The zero-order valence-corrected chi connectivity index (χ0v) is 5.34. The molecule has 1 rings (SSSR count). The largest absolute Gasteiger partial charge is 0.388 e. The highest BCUT2D eigenvalue weighted by atomic mass is 16.5. The second-order valence-electron chi connectivity index (χ2n) is 2.35. The summed E-state index contributed by atoms with van der Waals surface area (Å²) >= 11 is 0. The van der Waals surface area contributed by atoms with Crippen LogP contribution in [-0.4, -0.2) is 46.5 Å². The molecule has 1 saturated heterocycles. The molecule has 0 saturated carbocycles. The lowest BCUT2D eigenvalue weighted by Gasteiger charge is -2.32. The number of hydrogen-bond donors (Lipinski definition) is 4. The van der Waals surface area contributed by atoms with E-state index in [0.29, 0.717) is 0 Å². The zero-order chi connectivity index (χ0) is 7.72. The van der Waals surface area contributed by atoms with E-state index in [4.69, 9.17) is 25.8 Å². The van der Waals surface area contributed by atoms with Crippen molar-refractivity contribution in [3.63, 3.8) is 0 Å². The molecule has 0 aliphatic carbocycles. The van der Waals surface area contributed by atoms with Gasteiger partial charge in [-0.15, -0.1) is 0 Å². The Morgan fingerprint density at radius 1 is 1.20 bits per heavy atom. The predicted molar refractivity (Wildman–Crippen MR) is 31.9 cm³/mol. The topological polar surface area (TPSA) is 95.9 Å². The van der Waals surface area contributed by atoms with Gasteiger partial charge in [0, 0.05) is 0 Å². The van der Waals surface area contributed by atoms with Crippen molar-refractivity contribution < 1.29 is 20.1 Å². The van der Waals surface area contributed by atoms with Crippen LogP contribution >= 0.6 is 0 Å². The lowest BCUT2D eigenvalue weighted by Crippen LogP contribution is -2.56. The quantitative estimate of drug-likeness (QED) is 0.302. The third-order valence-electron chi connectivity index (χ3n) is 1.54. The van der Waals surface area contributed by atoms with Gasteiger partial charge in [-0.25, -0.2) is 0 Å². The highest BCUT2D eigenvalue weighted by molar-refractivity contribution is 4.83. The standard InChI is InChI=1S/C5H11NO4/c6-5-4(9)3(8)2(7)1-10-5/h2-5,7-9H,1,6H2/t2-,3-,4+,5+/m0/s1. The van der Waals surface area contributed by atoms with Crippen LogP contribution < -0.4 is 5.73 Å². The molecular formula is C5H11NO4. The summed E-state index contributed by atoms with van der Waals surface area (Å²) in [6.07, 6.45) is -4.30. The Bertz CT molecular complexity index is 106. The van der Waals surface area contributed by atoms with Crippen molar-refractivity contribution in [2.45, 2.75) is 24.5 Å². The minimum Gasteiger partial charge on any atom is -0.388 e. The van der Waals surface area contributed by atoms with Crippen LogP contribution in [0, 0.1) is 0 Å². The molecular weight excluding hydrogens is 138 g/mol. The van der Waals surface area contributed by atoms with Crippen molar-refractivity contribution in [1.29, 1.82) is 0 Å². The molecule has 4 atom stereocenters. The Kier molecular flexibility index (Phi) is 2.22. The minimum atomic E-state index is -1.19. The summed E-state index contributed by atoms with van der Waals surface area (Å²) in [4.78, 5) is 0. The Balaban J connectivity index is 2.52. The number of aliphatic hydroxyl groups is 3.